The number of thioether (sulfide) groups is 1. The Bertz CT molecular complexity index is 947. The fourth-order valence-electron chi connectivity index (χ4n) is 3.84. The number of aromatic nitrogens is 4. The third-order valence-electron chi connectivity index (χ3n) is 5.67. The van der Waals surface area contributed by atoms with Gasteiger partial charge in [0.05, 0.1) is 5.52 Å². The summed E-state index contributed by atoms with van der Waals surface area (Å²) in [5.74, 6) is 2.59. The molecule has 4 nitrogen and oxygen atoms in total. The maximum absolute atomic E-state index is 6.45. The molecule has 4 rings (SSSR count). The Kier molecular flexibility index (Phi) is 5.69. The lowest BCUT2D eigenvalue weighted by molar-refractivity contribution is 0.497. The van der Waals surface area contributed by atoms with E-state index in [2.05, 4.69) is 52.2 Å². The number of aromatic amines is 1. The Labute approximate surface area is 169 Å². The number of H-pyrrole nitrogens is 1. The molecule has 0 spiro atoms. The molecule has 0 saturated heterocycles. The van der Waals surface area contributed by atoms with Gasteiger partial charge in [0.15, 0.2) is 0 Å². The topological polar surface area (TPSA) is 54.5 Å². The van der Waals surface area contributed by atoms with Crippen LogP contribution in [0.2, 0.25) is 5.15 Å². The molecule has 1 aromatic carbocycles. The van der Waals surface area contributed by atoms with Crippen LogP contribution in [0.25, 0.3) is 10.9 Å². The van der Waals surface area contributed by atoms with E-state index in [9.17, 15) is 0 Å². The Morgan fingerprint density at radius 3 is 2.81 bits per heavy atom. The smallest absolute Gasteiger partial charge is 0.208 e. The summed E-state index contributed by atoms with van der Waals surface area (Å²) in [6.07, 6.45) is 7.75. The predicted molar refractivity (Wildman–Crippen MR) is 112 cm³/mol. The molecule has 2 heterocycles. The molecule has 1 fully saturated rings. The predicted octanol–water partition coefficient (Wildman–Crippen LogP) is 6.04. The van der Waals surface area contributed by atoms with Crippen molar-refractivity contribution in [2.24, 2.45) is 5.92 Å². The van der Waals surface area contributed by atoms with Crippen molar-refractivity contribution in [1.82, 2.24) is 20.2 Å². The van der Waals surface area contributed by atoms with Gasteiger partial charge in [-0.05, 0) is 43.4 Å². The van der Waals surface area contributed by atoms with Crippen LogP contribution >= 0.6 is 23.4 Å². The van der Waals surface area contributed by atoms with E-state index >= 15 is 0 Å². The van der Waals surface area contributed by atoms with Gasteiger partial charge in [0.1, 0.15) is 11.0 Å². The molecule has 0 unspecified atom stereocenters. The summed E-state index contributed by atoms with van der Waals surface area (Å²) >= 11 is 8.05. The zero-order valence-electron chi connectivity index (χ0n) is 15.9. The maximum atomic E-state index is 6.45. The molecule has 27 heavy (non-hydrogen) atoms. The number of pyridine rings is 1. The van der Waals surface area contributed by atoms with Gasteiger partial charge < -0.3 is 0 Å². The van der Waals surface area contributed by atoms with Gasteiger partial charge in [-0.3, -0.25) is 5.10 Å². The molecule has 2 aromatic heterocycles. The number of nitrogens with zero attached hydrogens (tertiary/aromatic N) is 3. The minimum Gasteiger partial charge on any atom is -0.262 e. The van der Waals surface area contributed by atoms with Crippen LogP contribution in [-0.2, 0) is 12.2 Å². The normalized spacial score (nSPS) is 15.1. The van der Waals surface area contributed by atoms with Crippen molar-refractivity contribution in [2.45, 2.75) is 63.3 Å². The number of aryl methyl sites for hydroxylation is 3. The molecular weight excluding hydrogens is 376 g/mol. The van der Waals surface area contributed by atoms with Gasteiger partial charge in [0, 0.05) is 23.1 Å². The number of fused-ring (bicyclic) bond motifs is 1. The second-order valence-corrected chi connectivity index (χ2v) is 8.86. The molecule has 1 N–H and O–H groups in total. The number of hydrogen-bond acceptors (Lipinski definition) is 4. The van der Waals surface area contributed by atoms with E-state index in [4.69, 9.17) is 11.6 Å². The van der Waals surface area contributed by atoms with Crippen LogP contribution < -0.4 is 0 Å². The van der Waals surface area contributed by atoms with Crippen molar-refractivity contribution in [3.8, 4) is 0 Å². The standard InChI is InChI=1S/C21H25ClN4S/c1-13-7-9-16-11-17(20(22)24-19(16)14(13)2)12-27-21-23-18(25-26-21)10-8-15-5-3-4-6-15/h7,9,11,15H,3-6,8,10,12H2,1-2H3,(H,23,25,26). The molecule has 0 bridgehead atoms. The lowest BCUT2D eigenvalue weighted by atomic mass is 10.0. The quantitative estimate of drug-likeness (QED) is 0.405. The zero-order valence-corrected chi connectivity index (χ0v) is 17.5. The highest BCUT2D eigenvalue weighted by molar-refractivity contribution is 7.98. The third-order valence-corrected chi connectivity index (χ3v) is 6.89. The number of rotatable bonds is 6. The highest BCUT2D eigenvalue weighted by atomic mass is 35.5. The first kappa shape index (κ1) is 18.8. The summed E-state index contributed by atoms with van der Waals surface area (Å²) in [5.41, 5.74) is 4.43. The summed E-state index contributed by atoms with van der Waals surface area (Å²) in [7, 11) is 0. The van der Waals surface area contributed by atoms with E-state index in [0.717, 1.165) is 39.8 Å². The van der Waals surface area contributed by atoms with Crippen LogP contribution in [0.4, 0.5) is 0 Å². The molecule has 1 aliphatic carbocycles. The van der Waals surface area contributed by atoms with E-state index < -0.39 is 0 Å². The molecule has 0 atom stereocenters. The van der Waals surface area contributed by atoms with Gasteiger partial charge in [0.25, 0.3) is 0 Å². The van der Waals surface area contributed by atoms with Crippen molar-refractivity contribution in [2.75, 3.05) is 0 Å². The van der Waals surface area contributed by atoms with Gasteiger partial charge in [-0.15, -0.1) is 5.10 Å². The van der Waals surface area contributed by atoms with Crippen molar-refractivity contribution in [3.63, 3.8) is 0 Å². The maximum Gasteiger partial charge on any atom is 0.208 e. The van der Waals surface area contributed by atoms with E-state index in [0.29, 0.717) is 10.9 Å². The average molecular weight is 401 g/mol. The third kappa shape index (κ3) is 4.30. The van der Waals surface area contributed by atoms with Crippen molar-refractivity contribution in [3.05, 3.63) is 45.9 Å². The van der Waals surface area contributed by atoms with E-state index in [-0.39, 0.29) is 0 Å². The van der Waals surface area contributed by atoms with Gasteiger partial charge in [-0.25, -0.2) is 9.97 Å². The molecule has 1 saturated carbocycles. The van der Waals surface area contributed by atoms with Gasteiger partial charge in [-0.1, -0.05) is 61.2 Å². The Balaban J connectivity index is 1.41. The molecule has 142 valence electrons. The van der Waals surface area contributed by atoms with Crippen LogP contribution in [0.1, 0.15) is 54.6 Å². The lowest BCUT2D eigenvalue weighted by Gasteiger charge is -2.08. The number of halogens is 1. The van der Waals surface area contributed by atoms with Crippen LogP contribution in [-0.4, -0.2) is 20.2 Å². The summed E-state index contributed by atoms with van der Waals surface area (Å²) in [4.78, 5) is 9.27. The van der Waals surface area contributed by atoms with Crippen LogP contribution in [0.5, 0.6) is 0 Å². The number of nitrogens with one attached hydrogen (secondary N) is 1. The number of benzene rings is 1. The minimum atomic E-state index is 0.570. The summed E-state index contributed by atoms with van der Waals surface area (Å²) < 4.78 is 0. The van der Waals surface area contributed by atoms with E-state index in [1.165, 1.54) is 43.2 Å². The first-order valence-electron chi connectivity index (χ1n) is 9.69. The average Bonchev–Trinajstić information content (AvgIpc) is 3.34. The first-order valence-corrected chi connectivity index (χ1v) is 11.1. The largest absolute Gasteiger partial charge is 0.262 e. The van der Waals surface area contributed by atoms with Crippen LogP contribution in [0, 0.1) is 19.8 Å². The summed E-state index contributed by atoms with van der Waals surface area (Å²) in [6.45, 7) is 4.19. The SMILES string of the molecule is Cc1ccc2cc(CSc3n[nH]c(CCC4CCCC4)n3)c(Cl)nc2c1C. The molecular formula is C21H25ClN4S. The van der Waals surface area contributed by atoms with Gasteiger partial charge in [0.2, 0.25) is 5.16 Å². The number of hydrogen-bond donors (Lipinski definition) is 1. The van der Waals surface area contributed by atoms with E-state index in [1.807, 2.05) is 0 Å². The molecule has 1 aliphatic rings. The Morgan fingerprint density at radius 2 is 2.00 bits per heavy atom. The second kappa shape index (κ2) is 8.19. The first-order chi connectivity index (χ1) is 13.1. The molecule has 0 radical (unpaired) electrons. The van der Waals surface area contributed by atoms with Crippen molar-refractivity contribution >= 4 is 34.3 Å². The monoisotopic (exact) mass is 400 g/mol. The molecule has 3 aromatic rings. The zero-order chi connectivity index (χ0) is 18.8. The van der Waals surface area contributed by atoms with Gasteiger partial charge >= 0.3 is 0 Å². The van der Waals surface area contributed by atoms with Crippen LogP contribution in [0.15, 0.2) is 23.4 Å². The molecule has 0 aliphatic heterocycles. The summed E-state index contributed by atoms with van der Waals surface area (Å²) in [5, 5.41) is 9.94. The highest BCUT2D eigenvalue weighted by Crippen LogP contribution is 2.30. The van der Waals surface area contributed by atoms with Gasteiger partial charge in [-0.2, -0.15) is 0 Å². The lowest BCUT2D eigenvalue weighted by Crippen LogP contribution is -1.97. The van der Waals surface area contributed by atoms with Crippen molar-refractivity contribution in [1.29, 1.82) is 0 Å². The van der Waals surface area contributed by atoms with Crippen molar-refractivity contribution < 1.29 is 0 Å². The fraction of sp³-hybridized carbons (Fsp3) is 0.476. The molecule has 6 heteroatoms. The Morgan fingerprint density at radius 1 is 1.19 bits per heavy atom. The Hall–Kier alpha value is -1.59. The highest BCUT2D eigenvalue weighted by Gasteiger charge is 2.16. The fourth-order valence-corrected chi connectivity index (χ4v) is 4.92. The second-order valence-electron chi connectivity index (χ2n) is 7.56. The van der Waals surface area contributed by atoms with Crippen LogP contribution in [0.3, 0.4) is 0 Å². The summed E-state index contributed by atoms with van der Waals surface area (Å²) in [6, 6.07) is 6.39. The van der Waals surface area contributed by atoms with E-state index in [1.54, 1.807) is 11.8 Å². The minimum absolute atomic E-state index is 0.570. The molecule has 0 amide bonds.